The molecule has 3 rings (SSSR count). The van der Waals surface area contributed by atoms with E-state index in [-0.39, 0.29) is 16.3 Å². The summed E-state index contributed by atoms with van der Waals surface area (Å²) in [5.41, 5.74) is 0.0880. The Kier molecular flexibility index (Phi) is 4.48. The summed E-state index contributed by atoms with van der Waals surface area (Å²) in [6.45, 7) is 0. The minimum absolute atomic E-state index is 0.0326. The number of benzene rings is 2. The second-order valence-electron chi connectivity index (χ2n) is 5.85. The summed E-state index contributed by atoms with van der Waals surface area (Å²) in [5.74, 6) is -1.16. The summed E-state index contributed by atoms with van der Waals surface area (Å²) in [5, 5.41) is 19.9. The maximum atomic E-state index is 13.1. The molecule has 0 amide bonds. The molecule has 1 fully saturated rings. The number of sulfone groups is 1. The SMILES string of the molecule is O=S1(=O)C[C@@H](O)[C@H](N(c2cccc(O)c2)S(=O)(=O)c2ccccc2)C1. The molecule has 0 spiro atoms. The quantitative estimate of drug-likeness (QED) is 0.806. The number of phenols is 1. The number of aliphatic hydroxyl groups is 1. The first-order valence-corrected chi connectivity index (χ1v) is 10.7. The normalized spacial score (nSPS) is 22.6. The summed E-state index contributed by atoms with van der Waals surface area (Å²) in [7, 11) is -7.71. The zero-order chi connectivity index (χ0) is 18.2. The predicted octanol–water partition coefficient (Wildman–Crippen LogP) is 0.745. The molecular weight excluding hydrogens is 366 g/mol. The van der Waals surface area contributed by atoms with E-state index in [4.69, 9.17) is 0 Å². The first-order valence-electron chi connectivity index (χ1n) is 7.48. The molecule has 2 aromatic carbocycles. The van der Waals surface area contributed by atoms with Crippen LogP contribution in [-0.4, -0.2) is 50.7 Å². The van der Waals surface area contributed by atoms with Crippen LogP contribution in [0.15, 0.2) is 59.5 Å². The summed E-state index contributed by atoms with van der Waals surface area (Å²) in [6, 6.07) is 11.9. The summed E-state index contributed by atoms with van der Waals surface area (Å²) >= 11 is 0. The van der Waals surface area contributed by atoms with Gasteiger partial charge in [-0.15, -0.1) is 0 Å². The van der Waals surface area contributed by atoms with Crippen molar-refractivity contribution in [3.63, 3.8) is 0 Å². The second kappa shape index (κ2) is 6.32. The van der Waals surface area contributed by atoms with E-state index in [1.54, 1.807) is 18.2 Å². The lowest BCUT2D eigenvalue weighted by atomic mass is 10.2. The van der Waals surface area contributed by atoms with Crippen molar-refractivity contribution in [2.75, 3.05) is 15.8 Å². The molecule has 7 nitrogen and oxygen atoms in total. The fourth-order valence-corrected chi connectivity index (χ4v) is 6.43. The Bertz CT molecular complexity index is 973. The first-order chi connectivity index (χ1) is 11.7. The molecular formula is C16H17NO6S2. The Balaban J connectivity index is 2.17. The lowest BCUT2D eigenvalue weighted by Gasteiger charge is -2.31. The smallest absolute Gasteiger partial charge is 0.264 e. The van der Waals surface area contributed by atoms with E-state index < -0.39 is 43.5 Å². The lowest BCUT2D eigenvalue weighted by molar-refractivity contribution is 0.184. The maximum absolute atomic E-state index is 13.1. The molecule has 1 aliphatic rings. The number of aromatic hydroxyl groups is 1. The van der Waals surface area contributed by atoms with Crippen LogP contribution in [0.4, 0.5) is 5.69 Å². The van der Waals surface area contributed by atoms with Crippen LogP contribution in [0.5, 0.6) is 5.75 Å². The van der Waals surface area contributed by atoms with Crippen LogP contribution < -0.4 is 4.31 Å². The van der Waals surface area contributed by atoms with Crippen molar-refractivity contribution < 1.29 is 27.0 Å². The molecule has 2 atom stereocenters. The Labute approximate surface area is 146 Å². The highest BCUT2D eigenvalue weighted by atomic mass is 32.2. The molecule has 0 saturated carbocycles. The van der Waals surface area contributed by atoms with Gasteiger partial charge in [-0.05, 0) is 24.3 Å². The van der Waals surface area contributed by atoms with Gasteiger partial charge in [0.05, 0.1) is 34.2 Å². The minimum Gasteiger partial charge on any atom is -0.508 e. The molecule has 1 saturated heterocycles. The van der Waals surface area contributed by atoms with Gasteiger partial charge in [-0.2, -0.15) is 0 Å². The minimum atomic E-state index is -4.14. The number of phenolic OH excluding ortho intramolecular Hbond substituents is 1. The van der Waals surface area contributed by atoms with Gasteiger partial charge in [0.25, 0.3) is 10.0 Å². The average molecular weight is 383 g/mol. The van der Waals surface area contributed by atoms with Crippen molar-refractivity contribution in [3.8, 4) is 5.75 Å². The lowest BCUT2D eigenvalue weighted by Crippen LogP contribution is -2.47. The van der Waals surface area contributed by atoms with Gasteiger partial charge < -0.3 is 10.2 Å². The van der Waals surface area contributed by atoms with Gasteiger partial charge in [0.2, 0.25) is 0 Å². The second-order valence-corrected chi connectivity index (χ2v) is 9.81. The summed E-state index contributed by atoms with van der Waals surface area (Å²) < 4.78 is 50.9. The van der Waals surface area contributed by atoms with E-state index in [2.05, 4.69) is 0 Å². The Hall–Kier alpha value is -2.10. The van der Waals surface area contributed by atoms with Gasteiger partial charge in [-0.1, -0.05) is 24.3 Å². The molecule has 2 aromatic rings. The number of hydrogen-bond donors (Lipinski definition) is 2. The van der Waals surface area contributed by atoms with Crippen LogP contribution in [0.25, 0.3) is 0 Å². The van der Waals surface area contributed by atoms with Gasteiger partial charge in [0.15, 0.2) is 9.84 Å². The van der Waals surface area contributed by atoms with Crippen molar-refractivity contribution in [3.05, 3.63) is 54.6 Å². The highest BCUT2D eigenvalue weighted by Crippen LogP contribution is 2.32. The first kappa shape index (κ1) is 17.7. The molecule has 9 heteroatoms. The Morgan fingerprint density at radius 1 is 1.00 bits per heavy atom. The number of nitrogens with zero attached hydrogens (tertiary/aromatic N) is 1. The fraction of sp³-hybridized carbons (Fsp3) is 0.250. The third-order valence-electron chi connectivity index (χ3n) is 3.98. The number of anilines is 1. The van der Waals surface area contributed by atoms with E-state index in [1.165, 1.54) is 36.4 Å². The van der Waals surface area contributed by atoms with E-state index in [0.717, 1.165) is 4.31 Å². The monoisotopic (exact) mass is 383 g/mol. The number of aliphatic hydroxyl groups excluding tert-OH is 1. The fourth-order valence-electron chi connectivity index (χ4n) is 2.88. The van der Waals surface area contributed by atoms with Crippen LogP contribution in [0, 0.1) is 0 Å². The number of rotatable bonds is 4. The average Bonchev–Trinajstić information content (AvgIpc) is 2.81. The van der Waals surface area contributed by atoms with E-state index in [0.29, 0.717) is 0 Å². The van der Waals surface area contributed by atoms with Gasteiger partial charge in [-0.3, -0.25) is 4.31 Å². The van der Waals surface area contributed by atoms with Crippen molar-refractivity contribution in [2.24, 2.45) is 0 Å². The van der Waals surface area contributed by atoms with Crippen molar-refractivity contribution in [1.29, 1.82) is 0 Å². The van der Waals surface area contributed by atoms with Crippen molar-refractivity contribution in [2.45, 2.75) is 17.0 Å². The van der Waals surface area contributed by atoms with Crippen LogP contribution in [0.2, 0.25) is 0 Å². The van der Waals surface area contributed by atoms with Crippen molar-refractivity contribution in [1.82, 2.24) is 0 Å². The van der Waals surface area contributed by atoms with Gasteiger partial charge in [-0.25, -0.2) is 16.8 Å². The summed E-state index contributed by atoms with van der Waals surface area (Å²) in [6.07, 6.45) is -1.36. The zero-order valence-corrected chi connectivity index (χ0v) is 14.7. The molecule has 1 aliphatic heterocycles. The van der Waals surface area contributed by atoms with E-state index in [1.807, 2.05) is 0 Å². The van der Waals surface area contributed by atoms with Gasteiger partial charge in [0.1, 0.15) is 5.75 Å². The molecule has 0 aromatic heterocycles. The van der Waals surface area contributed by atoms with Gasteiger partial charge >= 0.3 is 0 Å². The maximum Gasteiger partial charge on any atom is 0.264 e. The van der Waals surface area contributed by atoms with Gasteiger partial charge in [0, 0.05) is 6.07 Å². The molecule has 0 bridgehead atoms. The predicted molar refractivity (Wildman–Crippen MR) is 92.7 cm³/mol. The topological polar surface area (TPSA) is 112 Å². The molecule has 0 unspecified atom stereocenters. The molecule has 0 aliphatic carbocycles. The third-order valence-corrected chi connectivity index (χ3v) is 7.55. The van der Waals surface area contributed by atoms with Crippen LogP contribution in [-0.2, 0) is 19.9 Å². The Morgan fingerprint density at radius 2 is 1.68 bits per heavy atom. The largest absolute Gasteiger partial charge is 0.508 e. The highest BCUT2D eigenvalue weighted by molar-refractivity contribution is 7.93. The molecule has 0 radical (unpaired) electrons. The molecule has 25 heavy (non-hydrogen) atoms. The Morgan fingerprint density at radius 3 is 2.24 bits per heavy atom. The van der Waals surface area contributed by atoms with Crippen LogP contribution >= 0.6 is 0 Å². The molecule has 134 valence electrons. The van der Waals surface area contributed by atoms with Crippen LogP contribution in [0.3, 0.4) is 0 Å². The van der Waals surface area contributed by atoms with E-state index >= 15 is 0 Å². The highest BCUT2D eigenvalue weighted by Gasteiger charge is 2.45. The van der Waals surface area contributed by atoms with E-state index in [9.17, 15) is 27.0 Å². The zero-order valence-electron chi connectivity index (χ0n) is 13.1. The number of hydrogen-bond acceptors (Lipinski definition) is 6. The number of sulfonamides is 1. The summed E-state index contributed by atoms with van der Waals surface area (Å²) in [4.78, 5) is -0.0326. The van der Waals surface area contributed by atoms with Crippen molar-refractivity contribution >= 4 is 25.5 Å². The third kappa shape index (κ3) is 3.48. The molecule has 1 heterocycles. The molecule has 2 N–H and O–H groups in total. The van der Waals surface area contributed by atoms with Crippen LogP contribution in [0.1, 0.15) is 0 Å². The standard InChI is InChI=1S/C16H17NO6S2/c18-13-6-4-5-12(9-13)17(15-10-24(20,21)11-16(15)19)25(22,23)14-7-2-1-3-8-14/h1-9,15-16,18-19H,10-11H2/t15-,16-/m1/s1.